The molecule has 3 aromatic rings. The molecule has 1 aromatic heterocycles. The van der Waals surface area contributed by atoms with Crippen LogP contribution in [0.2, 0.25) is 0 Å². The van der Waals surface area contributed by atoms with Crippen LogP contribution >= 0.6 is 0 Å². The van der Waals surface area contributed by atoms with Crippen molar-refractivity contribution < 1.29 is 14.3 Å². The monoisotopic (exact) mass is 417 g/mol. The summed E-state index contributed by atoms with van der Waals surface area (Å²) in [5, 5.41) is 7.24. The van der Waals surface area contributed by atoms with E-state index in [2.05, 4.69) is 15.4 Å². The lowest BCUT2D eigenvalue weighted by molar-refractivity contribution is -0.139. The predicted molar refractivity (Wildman–Crippen MR) is 116 cm³/mol. The van der Waals surface area contributed by atoms with Crippen molar-refractivity contribution in [3.8, 4) is 0 Å². The smallest absolute Gasteiger partial charge is 0.338 e. The van der Waals surface area contributed by atoms with Crippen LogP contribution in [0.4, 0.5) is 11.6 Å². The number of aromatic nitrogens is 3. The van der Waals surface area contributed by atoms with E-state index in [1.807, 2.05) is 60.7 Å². The maximum atomic E-state index is 13.0. The molecule has 2 aromatic carbocycles. The number of carbonyl (C=O) groups excluding carboxylic acids is 2. The summed E-state index contributed by atoms with van der Waals surface area (Å²) in [6.07, 6.45) is 1.43. The van der Waals surface area contributed by atoms with Crippen LogP contribution < -0.4 is 10.2 Å². The summed E-state index contributed by atoms with van der Waals surface area (Å²) >= 11 is 0. The number of hydrogen-bond donors (Lipinski definition) is 1. The summed E-state index contributed by atoms with van der Waals surface area (Å²) in [6, 6.07) is 18.3. The molecule has 2 heterocycles. The van der Waals surface area contributed by atoms with E-state index in [0.717, 1.165) is 5.56 Å². The normalized spacial score (nSPS) is 15.4. The lowest BCUT2D eigenvalue weighted by atomic mass is 9.95. The molecule has 0 aliphatic carbocycles. The van der Waals surface area contributed by atoms with Gasteiger partial charge in [-0.15, -0.1) is 0 Å². The summed E-state index contributed by atoms with van der Waals surface area (Å²) in [7, 11) is 0. The minimum absolute atomic E-state index is 0.0240. The van der Waals surface area contributed by atoms with Gasteiger partial charge in [0.15, 0.2) is 0 Å². The van der Waals surface area contributed by atoms with Crippen molar-refractivity contribution in [2.24, 2.45) is 0 Å². The van der Waals surface area contributed by atoms with Crippen LogP contribution in [0, 0.1) is 0 Å². The molecule has 0 bridgehead atoms. The highest BCUT2D eigenvalue weighted by Gasteiger charge is 2.38. The molecule has 1 unspecified atom stereocenters. The van der Waals surface area contributed by atoms with E-state index < -0.39 is 12.0 Å². The fraction of sp³-hybridized carbons (Fsp3) is 0.217. The molecule has 1 atom stereocenters. The quantitative estimate of drug-likeness (QED) is 0.620. The minimum Gasteiger partial charge on any atom is -0.463 e. The summed E-state index contributed by atoms with van der Waals surface area (Å²) in [5.41, 5.74) is 2.61. The lowest BCUT2D eigenvalue weighted by Crippen LogP contribution is -2.40. The SMILES string of the molecule is CCOC(=O)C1=C(C)N(CC(=O)Nc2ccccc2)c2ncnn2C1c1ccccc1. The van der Waals surface area contributed by atoms with E-state index in [1.54, 1.807) is 23.4 Å². The molecule has 8 heteroatoms. The molecule has 0 radical (unpaired) electrons. The van der Waals surface area contributed by atoms with Crippen LogP contribution in [0.1, 0.15) is 25.5 Å². The second-order valence-electron chi connectivity index (χ2n) is 7.04. The number of allylic oxidation sites excluding steroid dienone is 1. The number of carbonyl (C=O) groups is 2. The Balaban J connectivity index is 1.73. The van der Waals surface area contributed by atoms with Gasteiger partial charge in [0.25, 0.3) is 0 Å². The van der Waals surface area contributed by atoms with Gasteiger partial charge in [0.05, 0.1) is 12.2 Å². The number of esters is 1. The first-order valence-electron chi connectivity index (χ1n) is 10.0. The Morgan fingerprint density at radius 3 is 2.42 bits per heavy atom. The summed E-state index contributed by atoms with van der Waals surface area (Å²) in [6.45, 7) is 3.79. The zero-order valence-electron chi connectivity index (χ0n) is 17.4. The average molecular weight is 417 g/mol. The van der Waals surface area contributed by atoms with Gasteiger partial charge in [0.1, 0.15) is 18.9 Å². The van der Waals surface area contributed by atoms with Gasteiger partial charge >= 0.3 is 5.97 Å². The first-order valence-corrected chi connectivity index (χ1v) is 10.0. The molecule has 0 saturated heterocycles. The highest BCUT2D eigenvalue weighted by atomic mass is 16.5. The Kier molecular flexibility index (Phi) is 5.79. The van der Waals surface area contributed by atoms with Crippen LogP contribution in [0.5, 0.6) is 0 Å². The second kappa shape index (κ2) is 8.83. The molecule has 1 aliphatic heterocycles. The van der Waals surface area contributed by atoms with Crippen LogP contribution in [-0.4, -0.2) is 39.8 Å². The summed E-state index contributed by atoms with van der Waals surface area (Å²) < 4.78 is 7.02. The molecule has 1 N–H and O–H groups in total. The summed E-state index contributed by atoms with van der Waals surface area (Å²) in [4.78, 5) is 31.8. The molecular weight excluding hydrogens is 394 g/mol. The number of fused-ring (bicyclic) bond motifs is 1. The Morgan fingerprint density at radius 1 is 1.06 bits per heavy atom. The topological polar surface area (TPSA) is 89.3 Å². The predicted octanol–water partition coefficient (Wildman–Crippen LogP) is 3.16. The highest BCUT2D eigenvalue weighted by Crippen LogP contribution is 2.38. The molecule has 4 rings (SSSR count). The first-order chi connectivity index (χ1) is 15.1. The van der Waals surface area contributed by atoms with Crippen molar-refractivity contribution in [2.75, 3.05) is 23.4 Å². The van der Waals surface area contributed by atoms with Gasteiger partial charge < -0.3 is 15.0 Å². The van der Waals surface area contributed by atoms with Crippen molar-refractivity contribution in [3.05, 3.63) is 83.8 Å². The van der Waals surface area contributed by atoms with Gasteiger partial charge in [0, 0.05) is 11.4 Å². The third kappa shape index (κ3) is 4.05. The van der Waals surface area contributed by atoms with E-state index in [4.69, 9.17) is 4.74 Å². The van der Waals surface area contributed by atoms with E-state index in [-0.39, 0.29) is 19.1 Å². The Labute approximate surface area is 180 Å². The Bertz CT molecular complexity index is 1110. The minimum atomic E-state index is -0.494. The van der Waals surface area contributed by atoms with Crippen molar-refractivity contribution in [1.29, 1.82) is 0 Å². The number of nitrogens with one attached hydrogen (secondary N) is 1. The number of anilines is 2. The van der Waals surface area contributed by atoms with Gasteiger partial charge in [0.2, 0.25) is 11.9 Å². The maximum Gasteiger partial charge on any atom is 0.338 e. The first kappa shape index (κ1) is 20.3. The van der Waals surface area contributed by atoms with E-state index in [0.29, 0.717) is 22.9 Å². The maximum absolute atomic E-state index is 13.0. The average Bonchev–Trinajstić information content (AvgIpc) is 3.26. The van der Waals surface area contributed by atoms with Gasteiger partial charge in [-0.2, -0.15) is 10.1 Å². The van der Waals surface area contributed by atoms with Crippen LogP contribution in [0.3, 0.4) is 0 Å². The number of rotatable bonds is 6. The van der Waals surface area contributed by atoms with Crippen LogP contribution in [0.15, 0.2) is 78.3 Å². The number of nitrogens with zero attached hydrogens (tertiary/aromatic N) is 4. The molecule has 0 spiro atoms. The molecule has 1 amide bonds. The van der Waals surface area contributed by atoms with Gasteiger partial charge in [-0.1, -0.05) is 48.5 Å². The van der Waals surface area contributed by atoms with Gasteiger partial charge in [-0.25, -0.2) is 9.48 Å². The largest absolute Gasteiger partial charge is 0.463 e. The molecule has 1 aliphatic rings. The molecule has 8 nitrogen and oxygen atoms in total. The molecule has 0 saturated carbocycles. The van der Waals surface area contributed by atoms with Crippen molar-refractivity contribution in [1.82, 2.24) is 14.8 Å². The molecule has 0 fully saturated rings. The van der Waals surface area contributed by atoms with E-state index in [9.17, 15) is 9.59 Å². The Morgan fingerprint density at radius 2 is 1.74 bits per heavy atom. The van der Waals surface area contributed by atoms with Crippen molar-refractivity contribution in [2.45, 2.75) is 19.9 Å². The number of para-hydroxylation sites is 1. The fourth-order valence-electron chi connectivity index (χ4n) is 3.70. The third-order valence-electron chi connectivity index (χ3n) is 5.08. The van der Waals surface area contributed by atoms with Crippen molar-refractivity contribution >= 4 is 23.5 Å². The van der Waals surface area contributed by atoms with Crippen LogP contribution in [0.25, 0.3) is 0 Å². The number of benzene rings is 2. The van der Waals surface area contributed by atoms with E-state index in [1.165, 1.54) is 6.33 Å². The standard InChI is InChI=1S/C23H23N5O3/c1-3-31-22(30)20-16(2)27(14-19(29)26-18-12-8-5-9-13-18)23-24-15-25-28(23)21(20)17-10-6-4-7-11-17/h4-13,15,21H,3,14H2,1-2H3,(H,26,29). The number of hydrogen-bond acceptors (Lipinski definition) is 6. The van der Waals surface area contributed by atoms with Crippen molar-refractivity contribution in [3.63, 3.8) is 0 Å². The molecule has 158 valence electrons. The number of ether oxygens (including phenoxy) is 1. The summed E-state index contributed by atoms with van der Waals surface area (Å²) in [5.74, 6) is -0.187. The number of amides is 1. The lowest BCUT2D eigenvalue weighted by Gasteiger charge is -2.35. The fourth-order valence-corrected chi connectivity index (χ4v) is 3.70. The van der Waals surface area contributed by atoms with Gasteiger partial charge in [-0.3, -0.25) is 4.79 Å². The zero-order valence-corrected chi connectivity index (χ0v) is 17.4. The van der Waals surface area contributed by atoms with E-state index >= 15 is 0 Å². The Hall–Kier alpha value is -3.94. The zero-order chi connectivity index (χ0) is 21.8. The second-order valence-corrected chi connectivity index (χ2v) is 7.04. The van der Waals surface area contributed by atoms with Gasteiger partial charge in [-0.05, 0) is 31.5 Å². The third-order valence-corrected chi connectivity index (χ3v) is 5.08. The molecular formula is C23H23N5O3. The molecule has 31 heavy (non-hydrogen) atoms. The highest BCUT2D eigenvalue weighted by molar-refractivity contribution is 5.96. The van der Waals surface area contributed by atoms with Crippen LogP contribution in [-0.2, 0) is 14.3 Å².